The van der Waals surface area contributed by atoms with E-state index in [1.807, 2.05) is 91.0 Å². The number of nitrogens with one attached hydrogen (secondary N) is 1. The zero-order valence-electron chi connectivity index (χ0n) is 24.1. The van der Waals surface area contributed by atoms with E-state index >= 15 is 0 Å². The van der Waals surface area contributed by atoms with Crippen LogP contribution in [0.4, 0.5) is 0 Å². The maximum Gasteiger partial charge on any atom is 0.243 e. The van der Waals surface area contributed by atoms with Crippen LogP contribution in [0.1, 0.15) is 22.3 Å². The molecule has 0 saturated heterocycles. The first-order valence-corrected chi connectivity index (χ1v) is 16.3. The van der Waals surface area contributed by atoms with Crippen LogP contribution in [0.2, 0.25) is 5.02 Å². The zero-order chi connectivity index (χ0) is 30.7. The molecule has 4 aromatic carbocycles. The normalized spacial score (nSPS) is 12.1. The summed E-state index contributed by atoms with van der Waals surface area (Å²) >= 11 is 6.12. The molecular formula is C34H36ClN3O4S. The SMILES string of the molecule is CS(=O)(=O)N(CC(=O)N(Cc1ccc(Cl)cc1)C(Cc1ccccc1)C(=O)NCCc1ccccc1)Cc1ccccc1. The smallest absolute Gasteiger partial charge is 0.243 e. The Balaban J connectivity index is 1.64. The first-order chi connectivity index (χ1) is 20.7. The van der Waals surface area contributed by atoms with Crippen LogP contribution in [0.3, 0.4) is 0 Å². The van der Waals surface area contributed by atoms with Crippen molar-refractivity contribution in [1.29, 1.82) is 0 Å². The Kier molecular flexibility index (Phi) is 11.5. The third kappa shape index (κ3) is 10.1. The fourth-order valence-electron chi connectivity index (χ4n) is 4.75. The van der Waals surface area contributed by atoms with E-state index in [4.69, 9.17) is 11.6 Å². The number of amides is 2. The number of nitrogens with zero attached hydrogens (tertiary/aromatic N) is 2. The Bertz CT molecular complexity index is 1570. The van der Waals surface area contributed by atoms with Gasteiger partial charge >= 0.3 is 0 Å². The van der Waals surface area contributed by atoms with Crippen molar-refractivity contribution in [3.05, 3.63) is 143 Å². The molecule has 0 aliphatic carbocycles. The van der Waals surface area contributed by atoms with Crippen molar-refractivity contribution >= 4 is 33.4 Å². The first-order valence-electron chi connectivity index (χ1n) is 14.1. The number of carbonyl (C=O) groups is 2. The average molecular weight is 618 g/mol. The second kappa shape index (κ2) is 15.5. The molecule has 4 aromatic rings. The molecule has 0 bridgehead atoms. The lowest BCUT2D eigenvalue weighted by molar-refractivity contribution is -0.141. The van der Waals surface area contributed by atoms with Crippen LogP contribution in [0, 0.1) is 0 Å². The van der Waals surface area contributed by atoms with E-state index in [9.17, 15) is 18.0 Å². The van der Waals surface area contributed by atoms with E-state index < -0.39 is 28.5 Å². The van der Waals surface area contributed by atoms with Crippen LogP contribution in [0.25, 0.3) is 0 Å². The van der Waals surface area contributed by atoms with Gasteiger partial charge in [-0.2, -0.15) is 4.31 Å². The Hall–Kier alpha value is -3.98. The topological polar surface area (TPSA) is 86.8 Å². The van der Waals surface area contributed by atoms with Gasteiger partial charge in [-0.3, -0.25) is 9.59 Å². The minimum Gasteiger partial charge on any atom is -0.354 e. The first kappa shape index (κ1) is 31.9. The number of benzene rings is 4. The molecular weight excluding hydrogens is 582 g/mol. The maximum atomic E-state index is 14.1. The number of rotatable bonds is 14. The van der Waals surface area contributed by atoms with Crippen LogP contribution in [0.5, 0.6) is 0 Å². The minimum atomic E-state index is -3.75. The van der Waals surface area contributed by atoms with E-state index in [1.54, 1.807) is 24.3 Å². The van der Waals surface area contributed by atoms with Crippen LogP contribution in [0.15, 0.2) is 115 Å². The average Bonchev–Trinajstić information content (AvgIpc) is 3.00. The van der Waals surface area contributed by atoms with Crippen molar-refractivity contribution in [3.63, 3.8) is 0 Å². The van der Waals surface area contributed by atoms with Gasteiger partial charge in [0.1, 0.15) is 6.04 Å². The predicted octanol–water partition coefficient (Wildman–Crippen LogP) is 5.10. The summed E-state index contributed by atoms with van der Waals surface area (Å²) in [5.41, 5.74) is 3.48. The van der Waals surface area contributed by atoms with Gasteiger partial charge in [0.15, 0.2) is 0 Å². The van der Waals surface area contributed by atoms with E-state index in [0.29, 0.717) is 18.0 Å². The summed E-state index contributed by atoms with van der Waals surface area (Å²) in [5, 5.41) is 3.57. The van der Waals surface area contributed by atoms with Crippen molar-refractivity contribution in [2.45, 2.75) is 32.0 Å². The fourth-order valence-corrected chi connectivity index (χ4v) is 5.61. The lowest BCUT2D eigenvalue weighted by atomic mass is 10.0. The molecule has 0 spiro atoms. The molecule has 0 fully saturated rings. The molecule has 2 amide bonds. The standard InChI is InChI=1S/C34H36ClN3O4S/c1-43(41,42)37(24-29-15-9-4-10-16-29)26-33(39)38(25-30-17-19-31(35)20-18-30)32(23-28-13-7-3-8-14-28)34(40)36-22-21-27-11-5-2-6-12-27/h2-20,32H,21-26H2,1H3,(H,36,40). The molecule has 1 N–H and O–H groups in total. The van der Waals surface area contributed by atoms with Gasteiger partial charge in [-0.15, -0.1) is 0 Å². The number of hydrogen-bond donors (Lipinski definition) is 1. The molecule has 0 aromatic heterocycles. The lowest BCUT2D eigenvalue weighted by Crippen LogP contribution is -2.53. The van der Waals surface area contributed by atoms with E-state index in [-0.39, 0.29) is 25.4 Å². The molecule has 224 valence electrons. The van der Waals surface area contributed by atoms with Gasteiger partial charge in [0.05, 0.1) is 12.8 Å². The molecule has 0 aliphatic rings. The number of halogens is 1. The van der Waals surface area contributed by atoms with Crippen LogP contribution < -0.4 is 5.32 Å². The van der Waals surface area contributed by atoms with Gasteiger partial charge in [-0.05, 0) is 40.8 Å². The summed E-state index contributed by atoms with van der Waals surface area (Å²) < 4.78 is 26.8. The molecule has 0 radical (unpaired) electrons. The highest BCUT2D eigenvalue weighted by atomic mass is 35.5. The Morgan fingerprint density at radius 1 is 0.721 bits per heavy atom. The highest BCUT2D eigenvalue weighted by molar-refractivity contribution is 7.88. The van der Waals surface area contributed by atoms with E-state index in [0.717, 1.165) is 32.8 Å². The molecule has 0 heterocycles. The summed E-state index contributed by atoms with van der Waals surface area (Å²) in [6.07, 6.45) is 1.98. The monoisotopic (exact) mass is 617 g/mol. The second-order valence-corrected chi connectivity index (χ2v) is 12.8. The molecule has 7 nitrogen and oxygen atoms in total. The summed E-state index contributed by atoms with van der Waals surface area (Å²) in [5.74, 6) is -0.786. The largest absolute Gasteiger partial charge is 0.354 e. The third-order valence-electron chi connectivity index (χ3n) is 7.08. The maximum absolute atomic E-state index is 14.1. The van der Waals surface area contributed by atoms with Gasteiger partial charge in [0, 0.05) is 31.1 Å². The number of hydrogen-bond acceptors (Lipinski definition) is 4. The van der Waals surface area contributed by atoms with Crippen LogP contribution in [-0.2, 0) is 45.5 Å². The molecule has 1 unspecified atom stereocenters. The van der Waals surface area contributed by atoms with Crippen molar-refractivity contribution in [1.82, 2.24) is 14.5 Å². The quantitative estimate of drug-likeness (QED) is 0.213. The summed E-state index contributed by atoms with van der Waals surface area (Å²) in [6, 6.07) is 34.6. The van der Waals surface area contributed by atoms with Gasteiger partial charge in [-0.25, -0.2) is 8.42 Å². The molecule has 43 heavy (non-hydrogen) atoms. The van der Waals surface area contributed by atoms with Crippen molar-refractivity contribution in [3.8, 4) is 0 Å². The van der Waals surface area contributed by atoms with Crippen molar-refractivity contribution < 1.29 is 18.0 Å². The summed E-state index contributed by atoms with van der Waals surface area (Å²) in [4.78, 5) is 29.4. The van der Waals surface area contributed by atoms with E-state index in [2.05, 4.69) is 5.32 Å². The Morgan fingerprint density at radius 3 is 1.79 bits per heavy atom. The molecule has 1 atom stereocenters. The van der Waals surface area contributed by atoms with Crippen molar-refractivity contribution in [2.24, 2.45) is 0 Å². The number of carbonyl (C=O) groups excluding carboxylic acids is 2. The molecule has 4 rings (SSSR count). The fraction of sp³-hybridized carbons (Fsp3) is 0.235. The predicted molar refractivity (Wildman–Crippen MR) is 171 cm³/mol. The summed E-state index contributed by atoms with van der Waals surface area (Å²) in [6.45, 7) is 0.111. The van der Waals surface area contributed by atoms with Gasteiger partial charge in [0.25, 0.3) is 0 Å². The summed E-state index contributed by atoms with van der Waals surface area (Å²) in [7, 11) is -3.75. The molecule has 0 saturated carbocycles. The van der Waals surface area contributed by atoms with E-state index in [1.165, 1.54) is 4.90 Å². The number of sulfonamides is 1. The van der Waals surface area contributed by atoms with Gasteiger partial charge in [0.2, 0.25) is 21.8 Å². The zero-order valence-corrected chi connectivity index (χ0v) is 25.7. The minimum absolute atomic E-state index is 0.0345. The Labute approximate surface area is 259 Å². The molecule has 9 heteroatoms. The lowest BCUT2D eigenvalue weighted by Gasteiger charge is -2.33. The van der Waals surface area contributed by atoms with Crippen LogP contribution in [-0.4, -0.2) is 54.8 Å². The third-order valence-corrected chi connectivity index (χ3v) is 8.52. The van der Waals surface area contributed by atoms with Gasteiger partial charge in [-0.1, -0.05) is 115 Å². The van der Waals surface area contributed by atoms with Gasteiger partial charge < -0.3 is 10.2 Å². The Morgan fingerprint density at radius 2 is 1.23 bits per heavy atom. The highest BCUT2D eigenvalue weighted by Crippen LogP contribution is 2.18. The molecule has 0 aliphatic heterocycles. The van der Waals surface area contributed by atoms with Crippen LogP contribution >= 0.6 is 11.6 Å². The second-order valence-electron chi connectivity index (χ2n) is 10.4. The highest BCUT2D eigenvalue weighted by Gasteiger charge is 2.32. The van der Waals surface area contributed by atoms with Crippen molar-refractivity contribution in [2.75, 3.05) is 19.3 Å².